The first-order valence-electron chi connectivity index (χ1n) is 7.55. The van der Waals surface area contributed by atoms with E-state index in [2.05, 4.69) is 20.6 Å². The zero-order valence-corrected chi connectivity index (χ0v) is 15.1. The summed E-state index contributed by atoms with van der Waals surface area (Å²) in [5.41, 5.74) is 1.27. The molecule has 5 nitrogen and oxygen atoms in total. The molecular formula is C18H13Cl2FN4O. The summed E-state index contributed by atoms with van der Waals surface area (Å²) in [6.45, 7) is 1.67. The Bertz CT molecular complexity index is 981. The molecule has 0 spiro atoms. The number of benzene rings is 2. The fourth-order valence-corrected chi connectivity index (χ4v) is 2.60. The lowest BCUT2D eigenvalue weighted by Gasteiger charge is -2.10. The fraction of sp³-hybridized carbons (Fsp3) is 0.0556. The maximum absolute atomic E-state index is 13.3. The predicted molar refractivity (Wildman–Crippen MR) is 101 cm³/mol. The molecule has 0 atom stereocenters. The number of carbonyl (C=O) groups is 1. The molecule has 0 unspecified atom stereocenters. The summed E-state index contributed by atoms with van der Waals surface area (Å²) in [7, 11) is 0. The van der Waals surface area contributed by atoms with Gasteiger partial charge in [0.05, 0.1) is 5.02 Å². The number of nitrogens with zero attached hydrogens (tertiary/aromatic N) is 2. The van der Waals surface area contributed by atoms with Crippen molar-refractivity contribution in [3.8, 4) is 0 Å². The summed E-state index contributed by atoms with van der Waals surface area (Å²) in [5, 5.41) is 6.20. The Kier molecular flexibility index (Phi) is 5.35. The summed E-state index contributed by atoms with van der Waals surface area (Å²) in [6, 6.07) is 12.5. The highest BCUT2D eigenvalue weighted by Crippen LogP contribution is 2.22. The Morgan fingerprint density at radius 2 is 1.85 bits per heavy atom. The summed E-state index contributed by atoms with van der Waals surface area (Å²) < 4.78 is 13.3. The lowest BCUT2D eigenvalue weighted by molar-refractivity contribution is 0.102. The van der Waals surface area contributed by atoms with Crippen LogP contribution in [0.3, 0.4) is 0 Å². The van der Waals surface area contributed by atoms with Crippen molar-refractivity contribution >= 4 is 46.3 Å². The van der Waals surface area contributed by atoms with Gasteiger partial charge in [-0.2, -0.15) is 0 Å². The lowest BCUT2D eigenvalue weighted by atomic mass is 10.3. The van der Waals surface area contributed by atoms with Gasteiger partial charge in [0.25, 0.3) is 5.91 Å². The third kappa shape index (κ3) is 4.47. The molecule has 2 N–H and O–H groups in total. The van der Waals surface area contributed by atoms with Gasteiger partial charge in [-0.3, -0.25) is 4.79 Å². The number of rotatable bonds is 4. The topological polar surface area (TPSA) is 66.9 Å². The van der Waals surface area contributed by atoms with E-state index in [0.717, 1.165) is 0 Å². The Labute approximate surface area is 159 Å². The van der Waals surface area contributed by atoms with E-state index in [4.69, 9.17) is 23.2 Å². The van der Waals surface area contributed by atoms with Crippen LogP contribution in [0.1, 0.15) is 16.3 Å². The van der Waals surface area contributed by atoms with Crippen LogP contribution in [-0.2, 0) is 0 Å². The van der Waals surface area contributed by atoms with Crippen LogP contribution in [0.2, 0.25) is 10.0 Å². The maximum atomic E-state index is 13.3. The molecule has 1 aromatic heterocycles. The van der Waals surface area contributed by atoms with Crippen LogP contribution in [0.25, 0.3) is 0 Å². The van der Waals surface area contributed by atoms with Crippen LogP contribution in [0, 0.1) is 12.7 Å². The van der Waals surface area contributed by atoms with E-state index in [0.29, 0.717) is 28.0 Å². The monoisotopic (exact) mass is 390 g/mol. The van der Waals surface area contributed by atoms with Crippen LogP contribution < -0.4 is 10.6 Å². The second-order valence-corrected chi connectivity index (χ2v) is 6.25. The molecule has 0 bridgehead atoms. The van der Waals surface area contributed by atoms with E-state index in [-0.39, 0.29) is 10.7 Å². The molecular weight excluding hydrogens is 378 g/mol. The second-order valence-electron chi connectivity index (χ2n) is 5.40. The number of carbonyl (C=O) groups excluding carboxylic acids is 1. The van der Waals surface area contributed by atoms with Gasteiger partial charge < -0.3 is 10.6 Å². The van der Waals surface area contributed by atoms with Crippen molar-refractivity contribution in [1.82, 2.24) is 9.97 Å². The number of nitrogens with one attached hydrogen (secondary N) is 2. The normalized spacial score (nSPS) is 10.5. The van der Waals surface area contributed by atoms with E-state index < -0.39 is 11.7 Å². The number of aryl methyl sites for hydroxylation is 1. The van der Waals surface area contributed by atoms with Gasteiger partial charge in [-0.05, 0) is 43.3 Å². The molecule has 2 aromatic carbocycles. The third-order valence-corrected chi connectivity index (χ3v) is 3.87. The molecule has 0 aliphatic heterocycles. The quantitative estimate of drug-likeness (QED) is 0.640. The molecule has 1 heterocycles. The average molecular weight is 391 g/mol. The Hall–Kier alpha value is -2.70. The van der Waals surface area contributed by atoms with Crippen LogP contribution in [0.15, 0.2) is 48.5 Å². The highest BCUT2D eigenvalue weighted by Gasteiger charge is 2.12. The zero-order valence-electron chi connectivity index (χ0n) is 13.6. The molecule has 132 valence electrons. The minimum atomic E-state index is -0.516. The van der Waals surface area contributed by atoms with Gasteiger partial charge in [-0.25, -0.2) is 14.4 Å². The molecule has 26 heavy (non-hydrogen) atoms. The van der Waals surface area contributed by atoms with Gasteiger partial charge in [0, 0.05) is 22.5 Å². The minimum Gasteiger partial charge on any atom is -0.340 e. The van der Waals surface area contributed by atoms with Gasteiger partial charge in [-0.1, -0.05) is 29.3 Å². The molecule has 0 saturated carbocycles. The first kappa shape index (κ1) is 18.1. The molecule has 1 amide bonds. The van der Waals surface area contributed by atoms with Crippen molar-refractivity contribution in [2.75, 3.05) is 10.6 Å². The highest BCUT2D eigenvalue weighted by molar-refractivity contribution is 6.31. The number of anilines is 3. The molecule has 0 aliphatic rings. The van der Waals surface area contributed by atoms with Crippen LogP contribution in [0.4, 0.5) is 21.6 Å². The number of aromatic nitrogens is 2. The van der Waals surface area contributed by atoms with E-state index in [1.807, 2.05) is 0 Å². The Morgan fingerprint density at radius 1 is 1.04 bits per heavy atom. The van der Waals surface area contributed by atoms with Crippen molar-refractivity contribution < 1.29 is 9.18 Å². The summed E-state index contributed by atoms with van der Waals surface area (Å²) >= 11 is 11.7. The number of amides is 1. The van der Waals surface area contributed by atoms with Gasteiger partial charge in [0.2, 0.25) is 0 Å². The van der Waals surface area contributed by atoms with E-state index >= 15 is 0 Å². The van der Waals surface area contributed by atoms with Crippen LogP contribution >= 0.6 is 23.2 Å². The Morgan fingerprint density at radius 3 is 2.58 bits per heavy atom. The van der Waals surface area contributed by atoms with Gasteiger partial charge >= 0.3 is 0 Å². The highest BCUT2D eigenvalue weighted by atomic mass is 35.5. The van der Waals surface area contributed by atoms with E-state index in [9.17, 15) is 9.18 Å². The summed E-state index contributed by atoms with van der Waals surface area (Å²) in [6.07, 6.45) is 0. The molecule has 3 aromatic rings. The van der Waals surface area contributed by atoms with Crippen molar-refractivity contribution in [1.29, 1.82) is 0 Å². The summed E-state index contributed by atoms with van der Waals surface area (Å²) in [4.78, 5) is 20.8. The second kappa shape index (κ2) is 7.68. The first-order chi connectivity index (χ1) is 12.4. The lowest BCUT2D eigenvalue weighted by Crippen LogP contribution is -2.15. The third-order valence-electron chi connectivity index (χ3n) is 3.35. The SMILES string of the molecule is Cc1nc(Nc2ccc(F)c(Cl)c2)cc(C(=O)Nc2cccc(Cl)c2)n1. The predicted octanol–water partition coefficient (Wildman–Crippen LogP) is 5.23. The van der Waals surface area contributed by atoms with Gasteiger partial charge in [0.15, 0.2) is 0 Å². The molecule has 0 fully saturated rings. The molecule has 0 aliphatic carbocycles. The minimum absolute atomic E-state index is 0.0142. The van der Waals surface area contributed by atoms with Crippen molar-refractivity contribution in [3.63, 3.8) is 0 Å². The number of hydrogen-bond donors (Lipinski definition) is 2. The largest absolute Gasteiger partial charge is 0.340 e. The zero-order chi connectivity index (χ0) is 18.7. The number of hydrogen-bond acceptors (Lipinski definition) is 4. The first-order valence-corrected chi connectivity index (χ1v) is 8.31. The number of halogens is 3. The van der Waals surface area contributed by atoms with Gasteiger partial charge in [0.1, 0.15) is 23.2 Å². The van der Waals surface area contributed by atoms with E-state index in [1.165, 1.54) is 24.3 Å². The standard InChI is InChI=1S/C18H13Cl2FN4O/c1-10-22-16(18(26)25-12-4-2-3-11(19)7-12)9-17(23-10)24-13-5-6-15(21)14(20)8-13/h2-9H,1H3,(H,25,26)(H,22,23,24). The van der Waals surface area contributed by atoms with Gasteiger partial charge in [-0.15, -0.1) is 0 Å². The maximum Gasteiger partial charge on any atom is 0.274 e. The molecule has 0 radical (unpaired) electrons. The average Bonchev–Trinajstić information content (AvgIpc) is 2.58. The van der Waals surface area contributed by atoms with E-state index in [1.54, 1.807) is 31.2 Å². The van der Waals surface area contributed by atoms with Crippen molar-refractivity contribution in [2.24, 2.45) is 0 Å². The smallest absolute Gasteiger partial charge is 0.274 e. The fourth-order valence-electron chi connectivity index (χ4n) is 2.23. The molecule has 0 saturated heterocycles. The van der Waals surface area contributed by atoms with Crippen molar-refractivity contribution in [3.05, 3.63) is 75.9 Å². The summed E-state index contributed by atoms with van der Waals surface area (Å²) in [5.74, 6) is -0.133. The Balaban J connectivity index is 1.82. The molecule has 8 heteroatoms. The molecule has 3 rings (SSSR count). The van der Waals surface area contributed by atoms with Crippen LogP contribution in [0.5, 0.6) is 0 Å². The van der Waals surface area contributed by atoms with Crippen molar-refractivity contribution in [2.45, 2.75) is 6.92 Å². The van der Waals surface area contributed by atoms with Crippen LogP contribution in [-0.4, -0.2) is 15.9 Å².